The van der Waals surface area contributed by atoms with E-state index in [1.807, 2.05) is 0 Å². The second kappa shape index (κ2) is 21.0. The summed E-state index contributed by atoms with van der Waals surface area (Å²) in [5, 5.41) is 145. The molecule has 0 aromatic rings. The number of aliphatic carboxylic acids is 1. The van der Waals surface area contributed by atoms with E-state index >= 15 is 0 Å². The van der Waals surface area contributed by atoms with Crippen molar-refractivity contribution in [3.8, 4) is 0 Å². The van der Waals surface area contributed by atoms with Crippen LogP contribution in [0.2, 0.25) is 0 Å². The highest BCUT2D eigenvalue weighted by Gasteiger charge is 2.61. The molecule has 0 bridgehead atoms. The van der Waals surface area contributed by atoms with Crippen molar-refractivity contribution in [1.82, 2.24) is 16.0 Å². The van der Waals surface area contributed by atoms with Gasteiger partial charge >= 0.3 is 5.97 Å². The standard InChI is InChI=1S/C33H55N3O24/c1-9(41)34-17-12(44)4-33(32(52)53,59-27(17)20(46)13(45)5-37)60-28-24(50)31(58-26-19(36-11(3)43)29(51)54-15(7-39)22(26)48)56-16(8-40)25(28)57-30-18(35-10(2)42)23(49)21(47)14(6-38)55-30/h12-31,37-40,44-51H,4-8H2,1-3H3,(H,34,41)(H,35,42)(H,36,43)(H,52,53)/t12-,13+,14+,15+,16+,17+,18+,19+,20+,21-,22-,23+,24+,25-,26+,27+,28+,29-,30-,31-,33-/m0/s1. The van der Waals surface area contributed by atoms with Crippen LogP contribution in [0, 0.1) is 0 Å². The van der Waals surface area contributed by atoms with Crippen molar-refractivity contribution < 1.29 is 119 Å². The van der Waals surface area contributed by atoms with Crippen molar-refractivity contribution in [2.75, 3.05) is 26.4 Å². The molecule has 4 rings (SSSR count). The number of hydrogen-bond acceptors (Lipinski definition) is 23. The molecule has 0 aliphatic carbocycles. The van der Waals surface area contributed by atoms with Gasteiger partial charge in [0, 0.05) is 27.2 Å². The molecule has 0 spiro atoms. The van der Waals surface area contributed by atoms with E-state index in [0.29, 0.717) is 0 Å². The first-order valence-corrected chi connectivity index (χ1v) is 18.7. The predicted octanol–water partition coefficient (Wildman–Crippen LogP) is -10.1. The Morgan fingerprint density at radius 2 is 1.17 bits per heavy atom. The van der Waals surface area contributed by atoms with E-state index in [2.05, 4.69) is 16.0 Å². The molecule has 27 nitrogen and oxygen atoms in total. The monoisotopic (exact) mass is 877 g/mol. The third-order valence-corrected chi connectivity index (χ3v) is 10.4. The minimum absolute atomic E-state index is 0.786. The molecule has 4 saturated heterocycles. The predicted molar refractivity (Wildman–Crippen MR) is 186 cm³/mol. The Morgan fingerprint density at radius 3 is 1.70 bits per heavy atom. The number of ether oxygens (including phenoxy) is 7. The quantitative estimate of drug-likeness (QED) is 0.0684. The van der Waals surface area contributed by atoms with Gasteiger partial charge in [-0.25, -0.2) is 4.79 Å². The van der Waals surface area contributed by atoms with Crippen molar-refractivity contribution in [3.63, 3.8) is 0 Å². The van der Waals surface area contributed by atoms with Gasteiger partial charge in [-0.05, 0) is 0 Å². The summed E-state index contributed by atoms with van der Waals surface area (Å²) < 4.78 is 40.2. The largest absolute Gasteiger partial charge is 0.477 e. The van der Waals surface area contributed by atoms with Crippen LogP contribution in [0.25, 0.3) is 0 Å². The smallest absolute Gasteiger partial charge is 0.364 e. The maximum absolute atomic E-state index is 13.2. The number of nitrogens with one attached hydrogen (secondary N) is 3. The summed E-state index contributed by atoms with van der Waals surface area (Å²) in [4.78, 5) is 49.6. The Bertz CT molecular complexity index is 1470. The van der Waals surface area contributed by atoms with Crippen LogP contribution in [0.1, 0.15) is 27.2 Å². The third-order valence-electron chi connectivity index (χ3n) is 10.4. The lowest BCUT2D eigenvalue weighted by atomic mass is 9.88. The number of carboxylic acids is 1. The molecule has 60 heavy (non-hydrogen) atoms. The van der Waals surface area contributed by atoms with Crippen molar-refractivity contribution in [2.45, 2.75) is 155 Å². The highest BCUT2D eigenvalue weighted by Crippen LogP contribution is 2.40. The van der Waals surface area contributed by atoms with Crippen LogP contribution in [0.4, 0.5) is 0 Å². The SMILES string of the molecule is CC(=O)N[C@@H]1[C@@H](O[C@@H]2O[C@H](CO)[C@H](O[C@@H]3O[C@H](CO)[C@H](O)[C@H](O)[C@H]3NC(C)=O)[C@H](O[C@]3(C(=O)O)C[C@H](O)[C@@H](NC(C)=O)[C@H]([C@H](O)[C@H](O)CO)O3)[C@H]2O)[C@@H](O)[C@@H](CO)O[C@@H]1O. The van der Waals surface area contributed by atoms with Crippen LogP contribution in [-0.2, 0) is 52.3 Å². The zero-order chi connectivity index (χ0) is 45.0. The Balaban J connectivity index is 1.85. The van der Waals surface area contributed by atoms with E-state index in [4.69, 9.17) is 33.2 Å². The van der Waals surface area contributed by atoms with E-state index in [-0.39, 0.29) is 0 Å². The number of amides is 3. The number of carbonyl (C=O) groups excluding carboxylic acids is 3. The molecule has 16 N–H and O–H groups in total. The molecule has 3 amide bonds. The molecule has 4 aliphatic heterocycles. The molecular weight excluding hydrogens is 822 g/mol. The second-order valence-electron chi connectivity index (χ2n) is 14.8. The van der Waals surface area contributed by atoms with Crippen molar-refractivity contribution in [2.24, 2.45) is 0 Å². The Morgan fingerprint density at radius 1 is 0.650 bits per heavy atom. The lowest BCUT2D eigenvalue weighted by molar-refractivity contribution is -0.397. The van der Waals surface area contributed by atoms with Gasteiger partial charge < -0.3 is 115 Å². The van der Waals surface area contributed by atoms with E-state index < -0.39 is 185 Å². The molecule has 27 heteroatoms. The number of hydrogen-bond donors (Lipinski definition) is 16. The van der Waals surface area contributed by atoms with Gasteiger partial charge in [0.15, 0.2) is 18.9 Å². The van der Waals surface area contributed by atoms with Crippen LogP contribution in [-0.4, -0.2) is 245 Å². The highest BCUT2D eigenvalue weighted by molar-refractivity contribution is 5.77. The van der Waals surface area contributed by atoms with Crippen LogP contribution in [0.3, 0.4) is 0 Å². The minimum Gasteiger partial charge on any atom is -0.477 e. The van der Waals surface area contributed by atoms with Gasteiger partial charge in [0.05, 0.1) is 38.6 Å². The Kier molecular flexibility index (Phi) is 17.4. The molecule has 0 aromatic carbocycles. The maximum Gasteiger partial charge on any atom is 0.364 e. The molecule has 0 saturated carbocycles. The molecule has 0 aromatic heterocycles. The fraction of sp³-hybridized carbons (Fsp3) is 0.879. The van der Waals surface area contributed by atoms with Gasteiger partial charge in [0.25, 0.3) is 5.79 Å². The van der Waals surface area contributed by atoms with Gasteiger partial charge in [-0.2, -0.15) is 0 Å². The topological polar surface area (TPSA) is 432 Å². The average Bonchev–Trinajstić information content (AvgIpc) is 3.18. The van der Waals surface area contributed by atoms with E-state index in [1.165, 1.54) is 0 Å². The average molecular weight is 878 g/mol. The number of rotatable bonds is 16. The highest BCUT2D eigenvalue weighted by atomic mass is 16.8. The molecular formula is C33H55N3O24. The zero-order valence-corrected chi connectivity index (χ0v) is 32.4. The third kappa shape index (κ3) is 10.8. The summed E-state index contributed by atoms with van der Waals surface area (Å²) in [5.74, 6) is -7.75. The van der Waals surface area contributed by atoms with Gasteiger partial charge in [-0.3, -0.25) is 14.4 Å². The summed E-state index contributed by atoms with van der Waals surface area (Å²) in [5.41, 5.74) is 0. The number of aliphatic hydroxyl groups excluding tert-OH is 12. The zero-order valence-electron chi connectivity index (χ0n) is 32.4. The summed E-state index contributed by atoms with van der Waals surface area (Å²) in [6.07, 6.45) is -35.0. The molecule has 0 unspecified atom stereocenters. The normalized spacial score (nSPS) is 43.3. The van der Waals surface area contributed by atoms with Gasteiger partial charge in [0.2, 0.25) is 17.7 Å². The lowest BCUT2D eigenvalue weighted by Gasteiger charge is -2.52. The van der Waals surface area contributed by atoms with Gasteiger partial charge in [0.1, 0.15) is 91.4 Å². The maximum atomic E-state index is 13.2. The van der Waals surface area contributed by atoms with Crippen LogP contribution in [0.15, 0.2) is 0 Å². The van der Waals surface area contributed by atoms with Crippen molar-refractivity contribution in [3.05, 3.63) is 0 Å². The van der Waals surface area contributed by atoms with E-state index in [1.54, 1.807) is 0 Å². The number of carboxylic acid groups (broad SMARTS) is 1. The molecule has 4 heterocycles. The van der Waals surface area contributed by atoms with Crippen molar-refractivity contribution in [1.29, 1.82) is 0 Å². The van der Waals surface area contributed by atoms with E-state index in [0.717, 1.165) is 20.8 Å². The Labute approximate surface area is 340 Å². The summed E-state index contributed by atoms with van der Waals surface area (Å²) in [6, 6.07) is -5.02. The van der Waals surface area contributed by atoms with Crippen molar-refractivity contribution >= 4 is 23.7 Å². The number of carbonyl (C=O) groups is 4. The first-order valence-electron chi connectivity index (χ1n) is 18.7. The lowest BCUT2D eigenvalue weighted by Crippen LogP contribution is -2.72. The summed E-state index contributed by atoms with van der Waals surface area (Å²) in [6.45, 7) is -1.10. The van der Waals surface area contributed by atoms with Gasteiger partial charge in [-0.1, -0.05) is 0 Å². The molecule has 4 fully saturated rings. The first-order chi connectivity index (χ1) is 28.1. The first kappa shape index (κ1) is 49.8. The van der Waals surface area contributed by atoms with Gasteiger partial charge in [-0.15, -0.1) is 0 Å². The minimum atomic E-state index is -3.24. The second-order valence-corrected chi connectivity index (χ2v) is 14.8. The fourth-order valence-electron chi connectivity index (χ4n) is 7.45. The van der Waals surface area contributed by atoms with Crippen LogP contribution in [0.5, 0.6) is 0 Å². The van der Waals surface area contributed by atoms with Crippen LogP contribution >= 0.6 is 0 Å². The number of aliphatic hydroxyl groups is 12. The van der Waals surface area contributed by atoms with Crippen LogP contribution < -0.4 is 16.0 Å². The van der Waals surface area contributed by atoms with E-state index in [9.17, 15) is 85.6 Å². The summed E-state index contributed by atoms with van der Waals surface area (Å²) in [7, 11) is 0. The molecule has 21 atom stereocenters. The molecule has 346 valence electrons. The fourth-order valence-corrected chi connectivity index (χ4v) is 7.45. The molecule has 0 radical (unpaired) electrons. The summed E-state index contributed by atoms with van der Waals surface area (Å²) >= 11 is 0. The Hall–Kier alpha value is -2.88. The molecule has 4 aliphatic rings.